The van der Waals surface area contributed by atoms with Crippen LogP contribution in [0.5, 0.6) is 0 Å². The third kappa shape index (κ3) is 1.90. The molecule has 0 radical (unpaired) electrons. The molecule has 3 saturated heterocycles. The minimum Gasteiger partial charge on any atom is -0.345 e. The van der Waals surface area contributed by atoms with Gasteiger partial charge in [-0.15, -0.1) is 0 Å². The van der Waals surface area contributed by atoms with Crippen LogP contribution in [0.2, 0.25) is 0 Å². The number of carbonyl (C=O) groups excluding carboxylic acids is 2. The summed E-state index contributed by atoms with van der Waals surface area (Å²) in [6.45, 7) is 4.66. The molecule has 0 saturated carbocycles. The quantitative estimate of drug-likeness (QED) is 0.711. The van der Waals surface area contributed by atoms with E-state index in [1.165, 1.54) is 19.4 Å². The van der Waals surface area contributed by atoms with Crippen molar-refractivity contribution >= 4 is 11.8 Å². The molecule has 0 aromatic rings. The zero-order valence-electron chi connectivity index (χ0n) is 10.9. The average molecular weight is 251 g/mol. The molecule has 0 bridgehead atoms. The largest absolute Gasteiger partial charge is 0.345 e. The minimum absolute atomic E-state index is 0.000347. The van der Waals surface area contributed by atoms with Crippen LogP contribution >= 0.6 is 0 Å². The Morgan fingerprint density at radius 1 is 1.11 bits per heavy atom. The van der Waals surface area contributed by atoms with E-state index in [2.05, 4.69) is 10.2 Å². The molecule has 5 heteroatoms. The minimum atomic E-state index is -0.365. The van der Waals surface area contributed by atoms with Gasteiger partial charge in [-0.3, -0.25) is 14.5 Å². The van der Waals surface area contributed by atoms with E-state index in [1.807, 2.05) is 4.90 Å². The molecule has 0 spiro atoms. The van der Waals surface area contributed by atoms with E-state index in [-0.39, 0.29) is 17.9 Å². The molecule has 2 amide bonds. The van der Waals surface area contributed by atoms with Crippen LogP contribution in [0.4, 0.5) is 0 Å². The number of carbonyl (C=O) groups is 2. The van der Waals surface area contributed by atoms with Gasteiger partial charge in [-0.1, -0.05) is 0 Å². The molecule has 0 aromatic carbocycles. The molecule has 1 N–H and O–H groups in total. The summed E-state index contributed by atoms with van der Waals surface area (Å²) in [5.41, 5.74) is 0. The first-order chi connectivity index (χ1) is 8.66. The molecule has 3 aliphatic rings. The number of fused-ring (bicyclic) bond motifs is 1. The maximum atomic E-state index is 12.4. The maximum absolute atomic E-state index is 12.4. The van der Waals surface area contributed by atoms with E-state index in [0.29, 0.717) is 25.0 Å². The molecular weight excluding hydrogens is 230 g/mol. The van der Waals surface area contributed by atoms with Gasteiger partial charge in [0.25, 0.3) is 0 Å². The van der Waals surface area contributed by atoms with Crippen LogP contribution in [0, 0.1) is 0 Å². The molecule has 0 aliphatic carbocycles. The number of amides is 2. The molecule has 3 rings (SSSR count). The summed E-state index contributed by atoms with van der Waals surface area (Å²) in [5.74, 6) is 0.0965. The topological polar surface area (TPSA) is 52.7 Å². The lowest BCUT2D eigenvalue weighted by molar-refractivity contribution is -0.135. The molecule has 3 unspecified atom stereocenters. The highest BCUT2D eigenvalue weighted by Crippen LogP contribution is 2.32. The Kier molecular flexibility index (Phi) is 3.01. The molecule has 0 aromatic heterocycles. The van der Waals surface area contributed by atoms with E-state index in [4.69, 9.17) is 0 Å². The number of rotatable bonds is 1. The number of hydrogen-bond acceptors (Lipinski definition) is 3. The van der Waals surface area contributed by atoms with E-state index in [1.54, 1.807) is 6.92 Å². The van der Waals surface area contributed by atoms with E-state index in [0.717, 1.165) is 13.0 Å². The van der Waals surface area contributed by atoms with Gasteiger partial charge >= 0.3 is 0 Å². The Balaban J connectivity index is 1.78. The van der Waals surface area contributed by atoms with Crippen molar-refractivity contribution in [3.05, 3.63) is 0 Å². The summed E-state index contributed by atoms with van der Waals surface area (Å²) in [4.78, 5) is 28.4. The van der Waals surface area contributed by atoms with Crippen LogP contribution < -0.4 is 5.32 Å². The number of nitrogens with one attached hydrogen (secondary N) is 1. The summed E-state index contributed by atoms with van der Waals surface area (Å²) in [5, 5.41) is 2.76. The SMILES string of the molecule is CC1NC(=O)CCN(C2CCN3CCCC23)C1=O. The molecule has 5 nitrogen and oxygen atoms in total. The average Bonchev–Trinajstić information content (AvgIpc) is 2.89. The number of nitrogens with zero attached hydrogens (tertiary/aromatic N) is 2. The molecule has 100 valence electrons. The Labute approximate surface area is 107 Å². The predicted molar refractivity (Wildman–Crippen MR) is 66.9 cm³/mol. The van der Waals surface area contributed by atoms with Crippen LogP contribution in [-0.4, -0.2) is 59.4 Å². The van der Waals surface area contributed by atoms with Gasteiger partial charge in [0.2, 0.25) is 11.8 Å². The summed E-state index contributed by atoms with van der Waals surface area (Å²) < 4.78 is 0. The van der Waals surface area contributed by atoms with E-state index < -0.39 is 0 Å². The predicted octanol–water partition coefficient (Wildman–Crippen LogP) is -0.0399. The van der Waals surface area contributed by atoms with Crippen LogP contribution in [0.15, 0.2) is 0 Å². The van der Waals surface area contributed by atoms with Crippen molar-refractivity contribution in [2.45, 2.75) is 50.7 Å². The van der Waals surface area contributed by atoms with Crippen LogP contribution in [0.3, 0.4) is 0 Å². The Bertz CT molecular complexity index is 371. The van der Waals surface area contributed by atoms with Gasteiger partial charge in [0.05, 0.1) is 0 Å². The standard InChI is InChI=1S/C13H21N3O2/c1-9-13(18)16(8-5-12(17)14-9)11-4-7-15-6-2-3-10(11)15/h9-11H,2-8H2,1H3,(H,14,17). The normalized spacial score (nSPS) is 37.6. The van der Waals surface area contributed by atoms with Gasteiger partial charge in [-0.25, -0.2) is 0 Å². The monoisotopic (exact) mass is 251 g/mol. The van der Waals surface area contributed by atoms with Gasteiger partial charge in [0.1, 0.15) is 6.04 Å². The highest BCUT2D eigenvalue weighted by atomic mass is 16.2. The van der Waals surface area contributed by atoms with Crippen molar-refractivity contribution < 1.29 is 9.59 Å². The smallest absolute Gasteiger partial charge is 0.245 e. The Hall–Kier alpha value is -1.10. The van der Waals surface area contributed by atoms with Gasteiger partial charge in [-0.2, -0.15) is 0 Å². The van der Waals surface area contributed by atoms with Crippen molar-refractivity contribution in [3.63, 3.8) is 0 Å². The Morgan fingerprint density at radius 2 is 1.94 bits per heavy atom. The van der Waals surface area contributed by atoms with E-state index >= 15 is 0 Å². The van der Waals surface area contributed by atoms with Crippen molar-refractivity contribution in [1.82, 2.24) is 15.1 Å². The van der Waals surface area contributed by atoms with Crippen LogP contribution in [0.25, 0.3) is 0 Å². The lowest BCUT2D eigenvalue weighted by Gasteiger charge is -2.32. The zero-order valence-corrected chi connectivity index (χ0v) is 10.9. The molecular formula is C13H21N3O2. The van der Waals surface area contributed by atoms with Crippen molar-refractivity contribution in [2.24, 2.45) is 0 Å². The fourth-order valence-corrected chi connectivity index (χ4v) is 3.70. The zero-order chi connectivity index (χ0) is 12.7. The maximum Gasteiger partial charge on any atom is 0.245 e. The van der Waals surface area contributed by atoms with Gasteiger partial charge in [0, 0.05) is 31.6 Å². The first-order valence-electron chi connectivity index (χ1n) is 7.01. The summed E-state index contributed by atoms with van der Waals surface area (Å²) in [7, 11) is 0. The fraction of sp³-hybridized carbons (Fsp3) is 0.846. The van der Waals surface area contributed by atoms with E-state index in [9.17, 15) is 9.59 Å². The lowest BCUT2D eigenvalue weighted by Crippen LogP contribution is -2.50. The second-order valence-corrected chi connectivity index (χ2v) is 5.67. The van der Waals surface area contributed by atoms with Gasteiger partial charge < -0.3 is 10.2 Å². The fourth-order valence-electron chi connectivity index (χ4n) is 3.70. The second kappa shape index (κ2) is 4.53. The first kappa shape index (κ1) is 12.0. The highest BCUT2D eigenvalue weighted by molar-refractivity contribution is 5.89. The first-order valence-corrected chi connectivity index (χ1v) is 7.01. The Morgan fingerprint density at radius 3 is 2.78 bits per heavy atom. The van der Waals surface area contributed by atoms with Crippen molar-refractivity contribution in [3.8, 4) is 0 Å². The van der Waals surface area contributed by atoms with Crippen LogP contribution in [-0.2, 0) is 9.59 Å². The van der Waals surface area contributed by atoms with Crippen molar-refractivity contribution in [2.75, 3.05) is 19.6 Å². The van der Waals surface area contributed by atoms with Crippen LogP contribution in [0.1, 0.15) is 32.6 Å². The molecule has 3 atom stereocenters. The molecule has 3 heterocycles. The third-order valence-electron chi connectivity index (χ3n) is 4.58. The van der Waals surface area contributed by atoms with Crippen molar-refractivity contribution in [1.29, 1.82) is 0 Å². The molecule has 3 fully saturated rings. The summed E-state index contributed by atoms with van der Waals surface area (Å²) in [6, 6.07) is 0.500. The molecule has 3 aliphatic heterocycles. The molecule has 18 heavy (non-hydrogen) atoms. The third-order valence-corrected chi connectivity index (χ3v) is 4.58. The highest BCUT2D eigenvalue weighted by Gasteiger charge is 2.43. The summed E-state index contributed by atoms with van der Waals surface area (Å²) >= 11 is 0. The van der Waals surface area contributed by atoms with Gasteiger partial charge in [0.15, 0.2) is 0 Å². The van der Waals surface area contributed by atoms with Gasteiger partial charge in [-0.05, 0) is 32.7 Å². The second-order valence-electron chi connectivity index (χ2n) is 5.67. The number of hydrogen-bond donors (Lipinski definition) is 1. The summed E-state index contributed by atoms with van der Waals surface area (Å²) in [6.07, 6.45) is 3.96. The lowest BCUT2D eigenvalue weighted by atomic mass is 10.0.